The second kappa shape index (κ2) is 6.97. The molecule has 1 aliphatic carbocycles. The number of hydrogen-bond donors (Lipinski definition) is 1. The molecule has 1 atom stereocenters. The molecule has 0 saturated heterocycles. The smallest absolute Gasteiger partial charge is 0.0807 e. The van der Waals surface area contributed by atoms with E-state index in [-0.39, 0.29) is 6.10 Å². The Bertz CT molecular complexity index is 608. The number of aryl methyl sites for hydroxylation is 2. The van der Waals surface area contributed by atoms with Gasteiger partial charge in [0.15, 0.2) is 0 Å². The molecule has 0 bridgehead atoms. The summed E-state index contributed by atoms with van der Waals surface area (Å²) in [5.74, 6) is 0. The Labute approximate surface area is 133 Å². The molecule has 0 aromatic heterocycles. The third-order valence-electron chi connectivity index (χ3n) is 4.69. The number of fused-ring (bicyclic) bond motifs is 1. The Morgan fingerprint density at radius 2 is 1.73 bits per heavy atom. The van der Waals surface area contributed by atoms with Crippen molar-refractivity contribution in [1.82, 2.24) is 0 Å². The summed E-state index contributed by atoms with van der Waals surface area (Å²) in [6.45, 7) is 0.849. The minimum absolute atomic E-state index is 0.376. The van der Waals surface area contributed by atoms with Crippen LogP contribution in [-0.2, 0) is 12.8 Å². The third-order valence-corrected chi connectivity index (χ3v) is 4.69. The zero-order valence-corrected chi connectivity index (χ0v) is 13.3. The van der Waals surface area contributed by atoms with Crippen LogP contribution in [0.2, 0.25) is 0 Å². The van der Waals surface area contributed by atoms with Crippen LogP contribution in [0, 0.1) is 0 Å². The van der Waals surface area contributed by atoms with Gasteiger partial charge in [-0.15, -0.1) is 0 Å². The molecule has 0 saturated carbocycles. The molecule has 1 N–H and O–H groups in total. The van der Waals surface area contributed by atoms with Crippen LogP contribution in [0.1, 0.15) is 42.1 Å². The second-order valence-corrected chi connectivity index (χ2v) is 6.30. The van der Waals surface area contributed by atoms with E-state index in [0.29, 0.717) is 0 Å². The van der Waals surface area contributed by atoms with Gasteiger partial charge < -0.3 is 10.0 Å². The number of nitrogens with zero attached hydrogens (tertiary/aromatic N) is 1. The van der Waals surface area contributed by atoms with Gasteiger partial charge >= 0.3 is 0 Å². The predicted octanol–water partition coefficient (Wildman–Crippen LogP) is 4.13. The Morgan fingerprint density at radius 1 is 1.00 bits per heavy atom. The molecule has 2 heteroatoms. The van der Waals surface area contributed by atoms with Crippen molar-refractivity contribution < 1.29 is 5.11 Å². The first kappa shape index (κ1) is 15.1. The molecule has 0 spiro atoms. The van der Waals surface area contributed by atoms with Gasteiger partial charge in [0.2, 0.25) is 0 Å². The summed E-state index contributed by atoms with van der Waals surface area (Å²) in [7, 11) is 2.08. The van der Waals surface area contributed by atoms with Crippen molar-refractivity contribution in [3.63, 3.8) is 0 Å². The molecular formula is C20H25NO. The van der Waals surface area contributed by atoms with E-state index in [4.69, 9.17) is 0 Å². The molecule has 0 fully saturated rings. The minimum Gasteiger partial charge on any atom is -0.388 e. The van der Waals surface area contributed by atoms with Crippen LogP contribution >= 0.6 is 0 Å². The molecule has 2 nitrogen and oxygen atoms in total. The van der Waals surface area contributed by atoms with Crippen LogP contribution in [-0.4, -0.2) is 18.7 Å². The van der Waals surface area contributed by atoms with Gasteiger partial charge in [-0.1, -0.05) is 36.4 Å². The number of aliphatic hydroxyl groups is 1. The van der Waals surface area contributed by atoms with Crippen LogP contribution in [0.4, 0.5) is 5.69 Å². The van der Waals surface area contributed by atoms with Crippen LogP contribution < -0.4 is 4.90 Å². The summed E-state index contributed by atoms with van der Waals surface area (Å²) in [5, 5.41) is 10.5. The summed E-state index contributed by atoms with van der Waals surface area (Å²) >= 11 is 0. The summed E-state index contributed by atoms with van der Waals surface area (Å²) < 4.78 is 0. The average molecular weight is 295 g/mol. The molecule has 0 radical (unpaired) electrons. The lowest BCUT2D eigenvalue weighted by Gasteiger charge is -2.22. The molecule has 0 heterocycles. The number of rotatable bonds is 5. The van der Waals surface area contributed by atoms with Crippen molar-refractivity contribution in [3.05, 3.63) is 65.2 Å². The molecule has 116 valence electrons. The van der Waals surface area contributed by atoms with Crippen molar-refractivity contribution in [2.24, 2.45) is 0 Å². The highest BCUT2D eigenvalue weighted by atomic mass is 16.3. The molecular weight excluding hydrogens is 270 g/mol. The third kappa shape index (κ3) is 3.50. The first-order chi connectivity index (χ1) is 10.7. The summed E-state index contributed by atoms with van der Waals surface area (Å²) in [6.07, 6.45) is 5.32. The van der Waals surface area contributed by atoms with Crippen molar-refractivity contribution in [2.45, 2.75) is 38.2 Å². The van der Waals surface area contributed by atoms with Crippen LogP contribution in [0.25, 0.3) is 0 Å². The van der Waals surface area contributed by atoms with Crippen molar-refractivity contribution >= 4 is 5.69 Å². The Hall–Kier alpha value is -1.80. The lowest BCUT2D eigenvalue weighted by molar-refractivity contribution is 0.169. The van der Waals surface area contributed by atoms with E-state index in [1.54, 1.807) is 0 Å². The number of hydrogen-bond acceptors (Lipinski definition) is 2. The first-order valence-corrected chi connectivity index (χ1v) is 8.30. The van der Waals surface area contributed by atoms with Crippen molar-refractivity contribution in [2.75, 3.05) is 18.5 Å². The van der Waals surface area contributed by atoms with E-state index >= 15 is 0 Å². The fraction of sp³-hybridized carbons (Fsp3) is 0.400. The number of benzene rings is 2. The van der Waals surface area contributed by atoms with Crippen LogP contribution in [0.5, 0.6) is 0 Å². The quantitative estimate of drug-likeness (QED) is 0.896. The molecule has 2 aromatic rings. The van der Waals surface area contributed by atoms with Gasteiger partial charge in [0.25, 0.3) is 0 Å². The largest absolute Gasteiger partial charge is 0.388 e. The van der Waals surface area contributed by atoms with Gasteiger partial charge in [0.1, 0.15) is 0 Å². The highest BCUT2D eigenvalue weighted by Gasteiger charge is 2.14. The van der Waals surface area contributed by atoms with E-state index in [0.717, 1.165) is 18.5 Å². The Morgan fingerprint density at radius 3 is 2.50 bits per heavy atom. The lowest BCUT2D eigenvalue weighted by Crippen LogP contribution is -2.20. The van der Waals surface area contributed by atoms with Crippen LogP contribution in [0.15, 0.2) is 48.5 Å². The molecule has 3 rings (SSSR count). The molecule has 1 unspecified atom stereocenters. The van der Waals surface area contributed by atoms with E-state index in [9.17, 15) is 5.11 Å². The lowest BCUT2D eigenvalue weighted by atomic mass is 9.89. The van der Waals surface area contributed by atoms with Gasteiger partial charge in [-0.25, -0.2) is 0 Å². The average Bonchev–Trinajstić information content (AvgIpc) is 2.59. The summed E-state index contributed by atoms with van der Waals surface area (Å²) in [5.41, 5.74) is 5.19. The standard InChI is InChI=1S/C20H25NO/c1-21(19-9-3-2-4-10-19)14-13-20(22)18-12-11-16-7-5-6-8-17(16)15-18/h2-4,9-12,15,20,22H,5-8,13-14H2,1H3. The maximum absolute atomic E-state index is 10.5. The number of aliphatic hydroxyl groups excluding tert-OH is 1. The number of anilines is 1. The van der Waals surface area contributed by atoms with E-state index in [1.807, 2.05) is 18.2 Å². The van der Waals surface area contributed by atoms with Gasteiger partial charge in [-0.05, 0) is 60.9 Å². The maximum atomic E-state index is 10.5. The summed E-state index contributed by atoms with van der Waals surface area (Å²) in [6, 6.07) is 16.9. The number of para-hydroxylation sites is 1. The molecule has 2 aromatic carbocycles. The van der Waals surface area contributed by atoms with E-state index in [1.165, 1.54) is 42.5 Å². The predicted molar refractivity (Wildman–Crippen MR) is 92.4 cm³/mol. The van der Waals surface area contributed by atoms with Gasteiger partial charge in [0.05, 0.1) is 6.10 Å². The molecule has 22 heavy (non-hydrogen) atoms. The zero-order chi connectivity index (χ0) is 15.4. The SMILES string of the molecule is CN(CCC(O)c1ccc2c(c1)CCCC2)c1ccccc1. The highest BCUT2D eigenvalue weighted by Crippen LogP contribution is 2.26. The fourth-order valence-corrected chi connectivity index (χ4v) is 3.25. The first-order valence-electron chi connectivity index (χ1n) is 8.30. The minimum atomic E-state index is -0.376. The summed E-state index contributed by atoms with van der Waals surface area (Å²) in [4.78, 5) is 2.20. The van der Waals surface area contributed by atoms with E-state index < -0.39 is 0 Å². The molecule has 0 amide bonds. The van der Waals surface area contributed by atoms with E-state index in [2.05, 4.69) is 42.3 Å². The van der Waals surface area contributed by atoms with Gasteiger partial charge in [-0.3, -0.25) is 0 Å². The monoisotopic (exact) mass is 295 g/mol. The maximum Gasteiger partial charge on any atom is 0.0807 e. The highest BCUT2D eigenvalue weighted by molar-refractivity contribution is 5.45. The topological polar surface area (TPSA) is 23.5 Å². The zero-order valence-electron chi connectivity index (χ0n) is 13.3. The Balaban J connectivity index is 1.61. The van der Waals surface area contributed by atoms with Crippen molar-refractivity contribution in [1.29, 1.82) is 0 Å². The fourth-order valence-electron chi connectivity index (χ4n) is 3.25. The molecule has 0 aliphatic heterocycles. The van der Waals surface area contributed by atoms with Gasteiger partial charge in [0, 0.05) is 19.3 Å². The van der Waals surface area contributed by atoms with Gasteiger partial charge in [-0.2, -0.15) is 0 Å². The van der Waals surface area contributed by atoms with Crippen LogP contribution in [0.3, 0.4) is 0 Å². The Kier molecular flexibility index (Phi) is 4.79. The second-order valence-electron chi connectivity index (χ2n) is 6.30. The molecule has 1 aliphatic rings. The van der Waals surface area contributed by atoms with Crippen molar-refractivity contribution in [3.8, 4) is 0 Å². The normalized spacial score (nSPS) is 15.2.